The molecule has 128 valence electrons. The molecule has 0 aliphatic rings. The molecule has 0 fully saturated rings. The van der Waals surface area contributed by atoms with Crippen LogP contribution in [0.15, 0.2) is 61.1 Å². The molecule has 0 atom stereocenters. The van der Waals surface area contributed by atoms with E-state index >= 15 is 0 Å². The summed E-state index contributed by atoms with van der Waals surface area (Å²) in [5.74, 6) is 0.107. The molecule has 0 aliphatic carbocycles. The van der Waals surface area contributed by atoms with Crippen molar-refractivity contribution in [3.05, 3.63) is 71.6 Å². The van der Waals surface area contributed by atoms with Crippen molar-refractivity contribution in [3.8, 4) is 17.0 Å². The molecular formula is C18H12ClN5O2. The Balaban J connectivity index is 1.78. The Hall–Kier alpha value is -3.45. The van der Waals surface area contributed by atoms with E-state index in [2.05, 4.69) is 20.4 Å². The van der Waals surface area contributed by atoms with Crippen molar-refractivity contribution in [1.29, 1.82) is 0 Å². The van der Waals surface area contributed by atoms with Crippen molar-refractivity contribution < 1.29 is 9.90 Å². The molecule has 2 N–H and O–H groups in total. The maximum Gasteiger partial charge on any atom is 0.262 e. The van der Waals surface area contributed by atoms with Crippen LogP contribution in [0.4, 0.5) is 5.82 Å². The largest absolute Gasteiger partial charge is 0.507 e. The van der Waals surface area contributed by atoms with E-state index in [1.165, 1.54) is 16.8 Å². The number of halogens is 1. The first-order valence-electron chi connectivity index (χ1n) is 7.67. The van der Waals surface area contributed by atoms with E-state index < -0.39 is 0 Å². The third-order valence-corrected chi connectivity index (χ3v) is 4.02. The molecule has 0 saturated heterocycles. The maximum atomic E-state index is 12.5. The Morgan fingerprint density at radius 2 is 2.00 bits per heavy atom. The normalized spacial score (nSPS) is 10.8. The summed E-state index contributed by atoms with van der Waals surface area (Å²) in [4.78, 5) is 20.9. The number of carbonyl (C=O) groups is 1. The van der Waals surface area contributed by atoms with E-state index in [0.717, 1.165) is 0 Å². The molecular weight excluding hydrogens is 354 g/mol. The zero-order chi connectivity index (χ0) is 18.1. The van der Waals surface area contributed by atoms with Crippen molar-refractivity contribution in [2.75, 3.05) is 5.32 Å². The molecule has 26 heavy (non-hydrogen) atoms. The highest BCUT2D eigenvalue weighted by molar-refractivity contribution is 6.31. The number of carbonyl (C=O) groups excluding carboxylic acids is 1. The second-order valence-corrected chi connectivity index (χ2v) is 5.89. The second-order valence-electron chi connectivity index (χ2n) is 5.45. The Bertz CT molecular complexity index is 1110. The smallest absolute Gasteiger partial charge is 0.262 e. The number of fused-ring (bicyclic) bond motifs is 1. The lowest BCUT2D eigenvalue weighted by Gasteiger charge is -2.08. The highest BCUT2D eigenvalue weighted by Gasteiger charge is 2.18. The Kier molecular flexibility index (Phi) is 3.98. The third kappa shape index (κ3) is 2.84. The molecule has 1 aromatic carbocycles. The van der Waals surface area contributed by atoms with Crippen molar-refractivity contribution in [2.45, 2.75) is 0 Å². The van der Waals surface area contributed by atoms with Gasteiger partial charge in [0.25, 0.3) is 5.91 Å². The van der Waals surface area contributed by atoms with Crippen molar-refractivity contribution >= 4 is 29.0 Å². The van der Waals surface area contributed by atoms with Crippen LogP contribution in [0.25, 0.3) is 16.9 Å². The predicted octanol–water partition coefficient (Wildman–Crippen LogP) is 3.40. The number of hydrogen-bond acceptors (Lipinski definition) is 5. The summed E-state index contributed by atoms with van der Waals surface area (Å²) in [5, 5.41) is 17.6. The number of aromatic nitrogens is 4. The van der Waals surface area contributed by atoms with Gasteiger partial charge in [0.1, 0.15) is 17.1 Å². The van der Waals surface area contributed by atoms with Crippen LogP contribution in [-0.2, 0) is 0 Å². The van der Waals surface area contributed by atoms with E-state index in [4.69, 9.17) is 11.6 Å². The molecule has 3 aromatic heterocycles. The van der Waals surface area contributed by atoms with Gasteiger partial charge in [0, 0.05) is 23.0 Å². The summed E-state index contributed by atoms with van der Waals surface area (Å²) < 4.78 is 1.48. The van der Waals surface area contributed by atoms with Crippen molar-refractivity contribution in [3.63, 3.8) is 0 Å². The number of pyridine rings is 1. The fraction of sp³-hybridized carbons (Fsp3) is 0. The Morgan fingerprint density at radius 3 is 2.81 bits per heavy atom. The molecule has 4 aromatic rings. The fourth-order valence-corrected chi connectivity index (χ4v) is 2.76. The minimum Gasteiger partial charge on any atom is -0.507 e. The molecule has 3 heterocycles. The van der Waals surface area contributed by atoms with Gasteiger partial charge in [0.2, 0.25) is 0 Å². The maximum absolute atomic E-state index is 12.5. The number of nitrogens with one attached hydrogen (secondary N) is 1. The highest BCUT2D eigenvalue weighted by atomic mass is 35.5. The predicted molar refractivity (Wildman–Crippen MR) is 97.3 cm³/mol. The van der Waals surface area contributed by atoms with Gasteiger partial charge in [-0.25, -0.2) is 14.5 Å². The number of benzene rings is 1. The lowest BCUT2D eigenvalue weighted by atomic mass is 10.1. The molecule has 0 spiro atoms. The van der Waals surface area contributed by atoms with Crippen LogP contribution in [-0.4, -0.2) is 30.6 Å². The van der Waals surface area contributed by atoms with Crippen LogP contribution in [0.1, 0.15) is 10.4 Å². The highest BCUT2D eigenvalue weighted by Crippen LogP contribution is 2.31. The SMILES string of the molecule is O=C(Nc1ccccn1)c1cnn2c(-c3cc(Cl)ccc3O)ccnc12. The Labute approximate surface area is 152 Å². The van der Waals surface area contributed by atoms with Gasteiger partial charge in [-0.05, 0) is 36.4 Å². The van der Waals surface area contributed by atoms with Gasteiger partial charge < -0.3 is 10.4 Å². The molecule has 0 aliphatic heterocycles. The minimum absolute atomic E-state index is 0.0527. The van der Waals surface area contributed by atoms with Crippen LogP contribution in [0.5, 0.6) is 5.75 Å². The summed E-state index contributed by atoms with van der Waals surface area (Å²) in [7, 11) is 0. The standard InChI is InChI=1S/C18H12ClN5O2/c19-11-4-5-15(25)12(9-11)14-6-8-21-17-13(10-22-24(14)17)18(26)23-16-3-1-2-7-20-16/h1-10,25H,(H,20,23,26). The summed E-state index contributed by atoms with van der Waals surface area (Å²) in [6, 6.07) is 11.6. The quantitative estimate of drug-likeness (QED) is 0.580. The lowest BCUT2D eigenvalue weighted by Crippen LogP contribution is -2.13. The van der Waals surface area contributed by atoms with Crippen molar-refractivity contribution in [2.24, 2.45) is 0 Å². The van der Waals surface area contributed by atoms with Crippen LogP contribution >= 0.6 is 11.6 Å². The molecule has 0 saturated carbocycles. The number of phenolic OH excluding ortho intramolecular Hbond substituents is 1. The van der Waals surface area contributed by atoms with Gasteiger partial charge in [-0.15, -0.1) is 0 Å². The molecule has 0 unspecified atom stereocenters. The zero-order valence-corrected chi connectivity index (χ0v) is 14.1. The fourth-order valence-electron chi connectivity index (χ4n) is 2.59. The van der Waals surface area contributed by atoms with Gasteiger partial charge in [0.05, 0.1) is 11.9 Å². The summed E-state index contributed by atoms with van der Waals surface area (Å²) in [5.41, 5.74) is 1.70. The van der Waals surface area contributed by atoms with Crippen LogP contribution in [0.3, 0.4) is 0 Å². The summed E-state index contributed by atoms with van der Waals surface area (Å²) in [6.45, 7) is 0. The summed E-state index contributed by atoms with van der Waals surface area (Å²) >= 11 is 6.04. The number of anilines is 1. The van der Waals surface area contributed by atoms with Gasteiger partial charge in [-0.3, -0.25) is 4.79 Å². The van der Waals surface area contributed by atoms with E-state index in [1.807, 2.05) is 0 Å². The molecule has 1 amide bonds. The first-order chi connectivity index (χ1) is 12.6. The number of amides is 1. The van der Waals surface area contributed by atoms with Crippen LogP contribution in [0, 0.1) is 0 Å². The van der Waals surface area contributed by atoms with Gasteiger partial charge in [-0.2, -0.15) is 5.10 Å². The van der Waals surface area contributed by atoms with E-state index in [0.29, 0.717) is 33.3 Å². The molecule has 4 rings (SSSR count). The van der Waals surface area contributed by atoms with E-state index in [1.54, 1.807) is 48.8 Å². The summed E-state index contributed by atoms with van der Waals surface area (Å²) in [6.07, 6.45) is 4.56. The second kappa shape index (κ2) is 6.45. The zero-order valence-electron chi connectivity index (χ0n) is 13.3. The van der Waals surface area contributed by atoms with Crippen LogP contribution < -0.4 is 5.32 Å². The molecule has 8 heteroatoms. The number of rotatable bonds is 3. The minimum atomic E-state index is -0.376. The lowest BCUT2D eigenvalue weighted by molar-refractivity contribution is 0.102. The van der Waals surface area contributed by atoms with E-state index in [-0.39, 0.29) is 11.7 Å². The first-order valence-corrected chi connectivity index (χ1v) is 8.05. The van der Waals surface area contributed by atoms with E-state index in [9.17, 15) is 9.90 Å². The number of hydrogen-bond donors (Lipinski definition) is 2. The Morgan fingerprint density at radius 1 is 1.12 bits per heavy atom. The molecule has 0 bridgehead atoms. The van der Waals surface area contributed by atoms with Crippen molar-refractivity contribution in [1.82, 2.24) is 19.6 Å². The molecule has 7 nitrogen and oxygen atoms in total. The van der Waals surface area contributed by atoms with Gasteiger partial charge in [0.15, 0.2) is 5.65 Å². The third-order valence-electron chi connectivity index (χ3n) is 3.79. The topological polar surface area (TPSA) is 92.4 Å². The molecule has 0 radical (unpaired) electrons. The van der Waals surface area contributed by atoms with Gasteiger partial charge in [-0.1, -0.05) is 17.7 Å². The average molecular weight is 366 g/mol. The number of nitrogens with zero attached hydrogens (tertiary/aromatic N) is 4. The first kappa shape index (κ1) is 16.0. The van der Waals surface area contributed by atoms with Gasteiger partial charge >= 0.3 is 0 Å². The monoisotopic (exact) mass is 365 g/mol. The average Bonchev–Trinajstić information content (AvgIpc) is 3.09. The number of aromatic hydroxyl groups is 1. The van der Waals surface area contributed by atoms with Crippen LogP contribution in [0.2, 0.25) is 5.02 Å². The number of phenols is 1.